The molecule has 3 N–H and O–H groups in total. The third-order valence-electron chi connectivity index (χ3n) is 3.17. The molecule has 3 heterocycles. The quantitative estimate of drug-likeness (QED) is 0.911. The lowest BCUT2D eigenvalue weighted by Crippen LogP contribution is -2.34. The van der Waals surface area contributed by atoms with Crippen LogP contribution in [0.15, 0.2) is 5.38 Å². The Balaban J connectivity index is 1.85. The molecule has 1 aliphatic heterocycles. The minimum atomic E-state index is 0.568. The first-order valence-corrected chi connectivity index (χ1v) is 8.08. The van der Waals surface area contributed by atoms with Crippen molar-refractivity contribution >= 4 is 33.7 Å². The largest absolute Gasteiger partial charge is 0.382 e. The molecule has 0 amide bonds. The fraction of sp³-hybridized carbons (Fsp3) is 0.500. The smallest absolute Gasteiger partial charge is 0.149 e. The number of nitrogens with two attached hydrogens (primary N) is 1. The maximum Gasteiger partial charge on any atom is 0.149 e. The Kier molecular flexibility index (Phi) is 3.67. The average Bonchev–Trinajstić information content (AvgIpc) is 2.97. The molecule has 5 nitrogen and oxygen atoms in total. The van der Waals surface area contributed by atoms with E-state index in [0.29, 0.717) is 5.82 Å². The van der Waals surface area contributed by atoms with Gasteiger partial charge in [-0.1, -0.05) is 6.42 Å². The van der Waals surface area contributed by atoms with E-state index in [1.807, 2.05) is 12.3 Å². The number of nitrogen functional groups attached to an aromatic ring is 1. The highest BCUT2D eigenvalue weighted by molar-refractivity contribution is 7.15. The summed E-state index contributed by atoms with van der Waals surface area (Å²) in [6.07, 6.45) is 3.81. The van der Waals surface area contributed by atoms with E-state index in [0.717, 1.165) is 34.4 Å². The zero-order chi connectivity index (χ0) is 13.2. The minimum Gasteiger partial charge on any atom is -0.382 e. The van der Waals surface area contributed by atoms with Crippen molar-refractivity contribution in [3.63, 3.8) is 0 Å². The summed E-state index contributed by atoms with van der Waals surface area (Å²) < 4.78 is 4.26. The van der Waals surface area contributed by atoms with E-state index in [4.69, 9.17) is 5.73 Å². The van der Waals surface area contributed by atoms with Crippen molar-refractivity contribution in [1.82, 2.24) is 14.4 Å². The van der Waals surface area contributed by atoms with Crippen LogP contribution in [-0.2, 0) is 0 Å². The van der Waals surface area contributed by atoms with Crippen LogP contribution in [0.4, 0.5) is 10.8 Å². The molecule has 102 valence electrons. The van der Waals surface area contributed by atoms with Gasteiger partial charge in [0, 0.05) is 24.2 Å². The lowest BCUT2D eigenvalue weighted by molar-refractivity contribution is 0.274. The van der Waals surface area contributed by atoms with E-state index in [1.54, 1.807) is 11.3 Å². The Hall–Kier alpha value is -1.18. The van der Waals surface area contributed by atoms with Gasteiger partial charge in [-0.3, -0.25) is 0 Å². The molecule has 0 aromatic carbocycles. The molecule has 1 aliphatic rings. The van der Waals surface area contributed by atoms with Crippen molar-refractivity contribution in [2.75, 3.05) is 24.2 Å². The van der Waals surface area contributed by atoms with Crippen molar-refractivity contribution in [1.29, 1.82) is 0 Å². The number of piperidine rings is 1. The first-order chi connectivity index (χ1) is 9.24. The van der Waals surface area contributed by atoms with Crippen LogP contribution in [0.3, 0.4) is 0 Å². The molecule has 2 aromatic heterocycles. The number of rotatable bonds is 3. The predicted molar refractivity (Wildman–Crippen MR) is 81.4 cm³/mol. The van der Waals surface area contributed by atoms with Crippen molar-refractivity contribution < 1.29 is 0 Å². The molecule has 7 heteroatoms. The summed E-state index contributed by atoms with van der Waals surface area (Å²) in [5.41, 5.74) is 11.4. The highest BCUT2D eigenvalue weighted by Gasteiger charge is 2.19. The van der Waals surface area contributed by atoms with Gasteiger partial charge in [0.15, 0.2) is 0 Å². The molecule has 0 aliphatic carbocycles. The zero-order valence-electron chi connectivity index (χ0n) is 10.8. The van der Waals surface area contributed by atoms with Gasteiger partial charge in [0.05, 0.1) is 5.56 Å². The number of hydrazine groups is 1. The molecule has 0 unspecified atom stereocenters. The Morgan fingerprint density at radius 1 is 1.32 bits per heavy atom. The number of thiazole rings is 1. The highest BCUT2D eigenvalue weighted by atomic mass is 32.1. The van der Waals surface area contributed by atoms with Gasteiger partial charge in [-0.25, -0.2) is 9.99 Å². The van der Waals surface area contributed by atoms with Gasteiger partial charge in [0.1, 0.15) is 15.8 Å². The van der Waals surface area contributed by atoms with Crippen LogP contribution in [0.2, 0.25) is 0 Å². The molecule has 0 spiro atoms. The van der Waals surface area contributed by atoms with E-state index in [9.17, 15) is 0 Å². The van der Waals surface area contributed by atoms with Gasteiger partial charge >= 0.3 is 0 Å². The van der Waals surface area contributed by atoms with E-state index in [-0.39, 0.29) is 0 Å². The second-order valence-corrected chi connectivity index (χ2v) is 6.36. The number of anilines is 2. The Morgan fingerprint density at radius 2 is 2.11 bits per heavy atom. The Labute approximate surface area is 120 Å². The Morgan fingerprint density at radius 3 is 2.79 bits per heavy atom. The fourth-order valence-electron chi connectivity index (χ4n) is 2.20. The second kappa shape index (κ2) is 5.44. The number of nitrogens with one attached hydrogen (secondary N) is 1. The van der Waals surface area contributed by atoms with Gasteiger partial charge < -0.3 is 11.2 Å². The van der Waals surface area contributed by atoms with Gasteiger partial charge in [-0.2, -0.15) is 4.37 Å². The molecular weight excluding hydrogens is 278 g/mol. The van der Waals surface area contributed by atoms with Crippen molar-refractivity contribution in [3.8, 4) is 10.6 Å². The second-order valence-electron chi connectivity index (χ2n) is 4.73. The first-order valence-electron chi connectivity index (χ1n) is 6.43. The van der Waals surface area contributed by atoms with Gasteiger partial charge in [-0.05, 0) is 31.3 Å². The van der Waals surface area contributed by atoms with Gasteiger partial charge in [-0.15, -0.1) is 11.3 Å². The Bertz CT molecular complexity index is 556. The summed E-state index contributed by atoms with van der Waals surface area (Å²) in [7, 11) is 0. The van der Waals surface area contributed by atoms with E-state index in [1.165, 1.54) is 30.8 Å². The minimum absolute atomic E-state index is 0.568. The molecule has 0 radical (unpaired) electrons. The monoisotopic (exact) mass is 295 g/mol. The molecule has 1 fully saturated rings. The molecule has 19 heavy (non-hydrogen) atoms. The molecule has 2 aromatic rings. The third-order valence-corrected chi connectivity index (χ3v) is 4.91. The fourth-order valence-corrected chi connectivity index (χ4v) is 3.87. The van der Waals surface area contributed by atoms with E-state index >= 15 is 0 Å². The topological polar surface area (TPSA) is 67.1 Å². The van der Waals surface area contributed by atoms with Crippen LogP contribution < -0.4 is 11.2 Å². The van der Waals surface area contributed by atoms with Crippen molar-refractivity contribution in [2.24, 2.45) is 0 Å². The van der Waals surface area contributed by atoms with E-state index in [2.05, 4.69) is 19.8 Å². The summed E-state index contributed by atoms with van der Waals surface area (Å²) >= 11 is 3.03. The summed E-state index contributed by atoms with van der Waals surface area (Å²) in [6.45, 7) is 4.15. The molecule has 0 saturated carbocycles. The first kappa shape index (κ1) is 12.8. The molecule has 1 saturated heterocycles. The van der Waals surface area contributed by atoms with Crippen LogP contribution in [0.25, 0.3) is 10.6 Å². The third kappa shape index (κ3) is 2.72. The maximum absolute atomic E-state index is 6.00. The molecular formula is C12H17N5S2. The van der Waals surface area contributed by atoms with Crippen LogP contribution in [0.1, 0.15) is 25.0 Å². The maximum atomic E-state index is 6.00. The SMILES string of the molecule is Cc1csc(-c2c(N)nsc2NN2CCCCC2)n1. The number of aromatic nitrogens is 2. The highest BCUT2D eigenvalue weighted by Crippen LogP contribution is 2.38. The molecule has 0 bridgehead atoms. The van der Waals surface area contributed by atoms with Gasteiger partial charge in [0.25, 0.3) is 0 Å². The normalized spacial score (nSPS) is 16.7. The van der Waals surface area contributed by atoms with E-state index < -0.39 is 0 Å². The van der Waals surface area contributed by atoms with Crippen molar-refractivity contribution in [2.45, 2.75) is 26.2 Å². The summed E-state index contributed by atoms with van der Waals surface area (Å²) in [5.74, 6) is 0.568. The van der Waals surface area contributed by atoms with Crippen LogP contribution in [0, 0.1) is 6.92 Å². The van der Waals surface area contributed by atoms with Crippen molar-refractivity contribution in [3.05, 3.63) is 11.1 Å². The lowest BCUT2D eigenvalue weighted by atomic mass is 10.2. The number of aryl methyl sites for hydroxylation is 1. The number of hydrogen-bond acceptors (Lipinski definition) is 7. The number of nitrogens with zero attached hydrogens (tertiary/aromatic N) is 3. The van der Waals surface area contributed by atoms with Gasteiger partial charge in [0.2, 0.25) is 0 Å². The predicted octanol–water partition coefficient (Wildman–Crippen LogP) is 2.97. The summed E-state index contributed by atoms with van der Waals surface area (Å²) in [5, 5.41) is 6.24. The average molecular weight is 295 g/mol. The lowest BCUT2D eigenvalue weighted by Gasteiger charge is -2.27. The summed E-state index contributed by atoms with van der Waals surface area (Å²) in [6, 6.07) is 0. The van der Waals surface area contributed by atoms with Crippen LogP contribution >= 0.6 is 22.9 Å². The number of hydrogen-bond donors (Lipinski definition) is 2. The standard InChI is InChI=1S/C12H17N5S2/c1-8-7-18-11(14-8)9-10(13)16-19-12(9)15-17-5-3-2-4-6-17/h7,15H,2-6H2,1H3,(H2,13,16). The molecule has 0 atom stereocenters. The zero-order valence-corrected chi connectivity index (χ0v) is 12.5. The van der Waals surface area contributed by atoms with Crippen LogP contribution in [-0.4, -0.2) is 27.5 Å². The molecule has 3 rings (SSSR count). The summed E-state index contributed by atoms with van der Waals surface area (Å²) in [4.78, 5) is 4.51. The van der Waals surface area contributed by atoms with Crippen LogP contribution in [0.5, 0.6) is 0 Å².